The number of rotatable bonds is 3. The van der Waals surface area contributed by atoms with Gasteiger partial charge in [-0.25, -0.2) is 9.97 Å². The molecule has 0 atom stereocenters. The van der Waals surface area contributed by atoms with Crippen molar-refractivity contribution < 1.29 is 4.74 Å². The number of aryl methyl sites for hydroxylation is 1. The predicted molar refractivity (Wildman–Crippen MR) is 77.5 cm³/mol. The molecule has 7 heteroatoms. The quantitative estimate of drug-likeness (QED) is 0.849. The van der Waals surface area contributed by atoms with Crippen LogP contribution in [0.25, 0.3) is 0 Å². The molecule has 2 aromatic rings. The smallest absolute Gasteiger partial charge is 0.158 e. The van der Waals surface area contributed by atoms with Crippen LogP contribution in [0.2, 0.25) is 10.2 Å². The third kappa shape index (κ3) is 2.83. The summed E-state index contributed by atoms with van der Waals surface area (Å²) >= 11 is 11.9. The zero-order chi connectivity index (χ0) is 14.0. The van der Waals surface area contributed by atoms with Crippen molar-refractivity contribution in [2.45, 2.75) is 6.92 Å². The van der Waals surface area contributed by atoms with Crippen LogP contribution < -0.4 is 15.8 Å². The normalized spacial score (nSPS) is 10.3. The van der Waals surface area contributed by atoms with Crippen LogP contribution in [0.3, 0.4) is 0 Å². The summed E-state index contributed by atoms with van der Waals surface area (Å²) in [7, 11) is 1.56. The van der Waals surface area contributed by atoms with Crippen LogP contribution >= 0.6 is 23.2 Å². The highest BCUT2D eigenvalue weighted by atomic mass is 35.5. The highest BCUT2D eigenvalue weighted by molar-refractivity contribution is 6.32. The molecule has 19 heavy (non-hydrogen) atoms. The van der Waals surface area contributed by atoms with E-state index < -0.39 is 0 Å². The Morgan fingerprint density at radius 3 is 2.68 bits per heavy atom. The number of hydrogen-bond acceptors (Lipinski definition) is 5. The second kappa shape index (κ2) is 5.50. The Morgan fingerprint density at radius 2 is 2.00 bits per heavy atom. The zero-order valence-electron chi connectivity index (χ0n) is 10.4. The number of halogens is 2. The predicted octanol–water partition coefficient (Wildman–Crippen LogP) is 3.43. The number of nitrogen functional groups attached to an aromatic ring is 1. The Bertz CT molecular complexity index is 619. The molecule has 100 valence electrons. The van der Waals surface area contributed by atoms with E-state index in [1.807, 2.05) is 13.0 Å². The van der Waals surface area contributed by atoms with Gasteiger partial charge in [-0.05, 0) is 18.6 Å². The fourth-order valence-corrected chi connectivity index (χ4v) is 1.82. The number of nitrogens with two attached hydrogens (primary N) is 1. The van der Waals surface area contributed by atoms with Crippen LogP contribution in [-0.2, 0) is 0 Å². The number of nitrogens with zero attached hydrogens (tertiary/aromatic N) is 2. The van der Waals surface area contributed by atoms with Crippen LogP contribution in [0.5, 0.6) is 5.75 Å². The van der Waals surface area contributed by atoms with Gasteiger partial charge in [-0.3, -0.25) is 0 Å². The van der Waals surface area contributed by atoms with Gasteiger partial charge in [0.2, 0.25) is 0 Å². The summed E-state index contributed by atoms with van der Waals surface area (Å²) in [4.78, 5) is 7.83. The van der Waals surface area contributed by atoms with E-state index in [4.69, 9.17) is 33.7 Å². The molecule has 0 aliphatic heterocycles. The van der Waals surface area contributed by atoms with E-state index in [1.54, 1.807) is 13.2 Å². The Hall–Kier alpha value is -1.72. The zero-order valence-corrected chi connectivity index (χ0v) is 11.9. The molecule has 3 N–H and O–H groups in total. The second-order valence-corrected chi connectivity index (χ2v) is 4.62. The van der Waals surface area contributed by atoms with E-state index in [0.717, 1.165) is 5.56 Å². The van der Waals surface area contributed by atoms with E-state index in [1.165, 1.54) is 6.33 Å². The van der Waals surface area contributed by atoms with Crippen LogP contribution in [0.15, 0.2) is 18.5 Å². The topological polar surface area (TPSA) is 73.1 Å². The minimum atomic E-state index is 0.196. The Kier molecular flexibility index (Phi) is 3.97. The minimum absolute atomic E-state index is 0.196. The van der Waals surface area contributed by atoms with Gasteiger partial charge in [-0.2, -0.15) is 0 Å². The van der Waals surface area contributed by atoms with Crippen LogP contribution in [0.4, 0.5) is 17.2 Å². The van der Waals surface area contributed by atoms with Crippen LogP contribution in [-0.4, -0.2) is 17.1 Å². The lowest BCUT2D eigenvalue weighted by atomic mass is 10.2. The summed E-state index contributed by atoms with van der Waals surface area (Å²) in [5.41, 5.74) is 7.69. The molecule has 0 radical (unpaired) electrons. The summed E-state index contributed by atoms with van der Waals surface area (Å²) in [6, 6.07) is 3.56. The average Bonchev–Trinajstić information content (AvgIpc) is 2.39. The van der Waals surface area contributed by atoms with Gasteiger partial charge in [-0.1, -0.05) is 23.2 Å². The van der Waals surface area contributed by atoms with Gasteiger partial charge < -0.3 is 15.8 Å². The van der Waals surface area contributed by atoms with Crippen molar-refractivity contribution in [3.05, 3.63) is 34.2 Å². The first-order chi connectivity index (χ1) is 9.02. The van der Waals surface area contributed by atoms with Gasteiger partial charge in [0.1, 0.15) is 17.8 Å². The molecule has 0 amide bonds. The molecule has 5 nitrogen and oxygen atoms in total. The van der Waals surface area contributed by atoms with Crippen molar-refractivity contribution in [2.75, 3.05) is 18.2 Å². The number of aromatic nitrogens is 2. The molecule has 1 aromatic carbocycles. The van der Waals surface area contributed by atoms with Gasteiger partial charge in [0.15, 0.2) is 11.0 Å². The SMILES string of the molecule is COc1cc(Cl)c(C)cc1Nc1ncnc(Cl)c1N. The number of methoxy groups -OCH3 is 1. The van der Waals surface area contributed by atoms with Crippen molar-refractivity contribution in [3.63, 3.8) is 0 Å². The molecule has 0 bridgehead atoms. The molecular weight excluding hydrogens is 287 g/mol. The van der Waals surface area contributed by atoms with E-state index in [-0.39, 0.29) is 10.8 Å². The molecule has 1 aromatic heterocycles. The largest absolute Gasteiger partial charge is 0.495 e. The first-order valence-corrected chi connectivity index (χ1v) is 6.15. The van der Waals surface area contributed by atoms with Crippen molar-refractivity contribution >= 4 is 40.4 Å². The van der Waals surface area contributed by atoms with Crippen molar-refractivity contribution in [1.82, 2.24) is 9.97 Å². The third-order valence-electron chi connectivity index (χ3n) is 2.57. The maximum Gasteiger partial charge on any atom is 0.158 e. The molecule has 0 fully saturated rings. The molecule has 0 aliphatic rings. The van der Waals surface area contributed by atoms with Gasteiger partial charge in [0, 0.05) is 11.1 Å². The maximum absolute atomic E-state index is 6.04. The van der Waals surface area contributed by atoms with Gasteiger partial charge in [0.25, 0.3) is 0 Å². The average molecular weight is 299 g/mol. The number of anilines is 3. The Balaban J connectivity index is 2.43. The highest BCUT2D eigenvalue weighted by Crippen LogP contribution is 2.34. The minimum Gasteiger partial charge on any atom is -0.495 e. The lowest BCUT2D eigenvalue weighted by molar-refractivity contribution is 0.416. The molecule has 1 heterocycles. The fraction of sp³-hybridized carbons (Fsp3) is 0.167. The molecule has 0 saturated heterocycles. The standard InChI is InChI=1S/C12H12Cl2N4O/c1-6-3-8(9(19-2)4-7(6)13)18-12-10(15)11(14)16-5-17-12/h3-5H,15H2,1-2H3,(H,16,17,18). The van der Waals surface area contributed by atoms with Crippen molar-refractivity contribution in [1.29, 1.82) is 0 Å². The summed E-state index contributed by atoms with van der Waals surface area (Å²) < 4.78 is 5.26. The lowest BCUT2D eigenvalue weighted by Gasteiger charge is -2.13. The summed E-state index contributed by atoms with van der Waals surface area (Å²) in [6.45, 7) is 1.89. The number of benzene rings is 1. The first kappa shape index (κ1) is 13.7. The first-order valence-electron chi connectivity index (χ1n) is 5.40. The Labute approximate surface area is 120 Å². The fourth-order valence-electron chi connectivity index (χ4n) is 1.53. The molecule has 0 saturated carbocycles. The monoisotopic (exact) mass is 298 g/mol. The second-order valence-electron chi connectivity index (χ2n) is 3.85. The summed E-state index contributed by atoms with van der Waals surface area (Å²) in [5.74, 6) is 1.00. The van der Waals surface area contributed by atoms with Crippen LogP contribution in [0, 0.1) is 6.92 Å². The number of nitrogens with one attached hydrogen (secondary N) is 1. The molecule has 0 aliphatic carbocycles. The highest BCUT2D eigenvalue weighted by Gasteiger charge is 2.11. The van der Waals surface area contributed by atoms with E-state index in [9.17, 15) is 0 Å². The van der Waals surface area contributed by atoms with Gasteiger partial charge in [0.05, 0.1) is 12.8 Å². The van der Waals surface area contributed by atoms with Crippen LogP contribution in [0.1, 0.15) is 5.56 Å². The van der Waals surface area contributed by atoms with Gasteiger partial charge >= 0.3 is 0 Å². The summed E-state index contributed by atoms with van der Waals surface area (Å²) in [5, 5.41) is 3.87. The third-order valence-corrected chi connectivity index (χ3v) is 3.28. The van der Waals surface area contributed by atoms with E-state index in [2.05, 4.69) is 15.3 Å². The molecule has 0 spiro atoms. The lowest BCUT2D eigenvalue weighted by Crippen LogP contribution is -2.02. The number of hydrogen-bond donors (Lipinski definition) is 2. The molecule has 0 unspecified atom stereocenters. The van der Waals surface area contributed by atoms with E-state index >= 15 is 0 Å². The van der Waals surface area contributed by atoms with Crippen molar-refractivity contribution in [2.24, 2.45) is 0 Å². The molecule has 2 rings (SSSR count). The maximum atomic E-state index is 6.04. The number of ether oxygens (including phenoxy) is 1. The summed E-state index contributed by atoms with van der Waals surface area (Å²) in [6.07, 6.45) is 1.33. The van der Waals surface area contributed by atoms with E-state index in [0.29, 0.717) is 22.3 Å². The van der Waals surface area contributed by atoms with Crippen molar-refractivity contribution in [3.8, 4) is 5.75 Å². The Morgan fingerprint density at radius 1 is 1.26 bits per heavy atom. The van der Waals surface area contributed by atoms with Gasteiger partial charge in [-0.15, -0.1) is 0 Å². The molecular formula is C12H12Cl2N4O.